The lowest BCUT2D eigenvalue weighted by molar-refractivity contribution is -0.132. The van der Waals surface area contributed by atoms with Crippen molar-refractivity contribution in [2.24, 2.45) is 11.7 Å². The van der Waals surface area contributed by atoms with Gasteiger partial charge < -0.3 is 10.6 Å². The molecule has 2 rings (SSSR count). The van der Waals surface area contributed by atoms with Crippen LogP contribution in [0.1, 0.15) is 46.0 Å². The number of rotatable bonds is 2. The summed E-state index contributed by atoms with van der Waals surface area (Å²) < 4.78 is 0.211. The van der Waals surface area contributed by atoms with E-state index >= 15 is 0 Å². The number of nitrogens with two attached hydrogens (primary N) is 1. The summed E-state index contributed by atoms with van der Waals surface area (Å²) >= 11 is 1.97. The van der Waals surface area contributed by atoms with Gasteiger partial charge in [-0.15, -0.1) is 12.4 Å². The summed E-state index contributed by atoms with van der Waals surface area (Å²) in [5.74, 6) is 1.81. The Bertz CT molecular complexity index is 312. The van der Waals surface area contributed by atoms with Crippen molar-refractivity contribution >= 4 is 30.1 Å². The van der Waals surface area contributed by atoms with Gasteiger partial charge in [-0.1, -0.05) is 12.8 Å². The molecule has 112 valence electrons. The van der Waals surface area contributed by atoms with Gasteiger partial charge in [-0.3, -0.25) is 4.79 Å². The smallest absolute Gasteiger partial charge is 0.222 e. The largest absolute Gasteiger partial charge is 0.340 e. The van der Waals surface area contributed by atoms with Crippen LogP contribution in [0.3, 0.4) is 0 Å². The average molecular weight is 307 g/mol. The molecule has 5 heteroatoms. The molecule has 1 aliphatic carbocycles. The topological polar surface area (TPSA) is 46.3 Å². The molecule has 0 radical (unpaired) electrons. The summed E-state index contributed by atoms with van der Waals surface area (Å²) in [6, 6.07) is 0.245. The molecule has 0 spiro atoms. The lowest BCUT2D eigenvalue weighted by Crippen LogP contribution is -2.47. The Kier molecular flexibility index (Phi) is 6.48. The van der Waals surface area contributed by atoms with E-state index in [0.717, 1.165) is 31.7 Å². The van der Waals surface area contributed by atoms with Crippen molar-refractivity contribution in [3.8, 4) is 0 Å². The van der Waals surface area contributed by atoms with E-state index in [1.807, 2.05) is 11.8 Å². The second-order valence-electron chi connectivity index (χ2n) is 6.34. The second-order valence-corrected chi connectivity index (χ2v) is 8.14. The Balaban J connectivity index is 0.00000180. The molecule has 1 heterocycles. The van der Waals surface area contributed by atoms with Crippen LogP contribution in [0.15, 0.2) is 0 Å². The summed E-state index contributed by atoms with van der Waals surface area (Å²) in [6.45, 7) is 6.25. The van der Waals surface area contributed by atoms with E-state index in [0.29, 0.717) is 18.2 Å². The molecule has 1 amide bonds. The highest BCUT2D eigenvalue weighted by molar-refractivity contribution is 8.00. The number of hydrogen-bond donors (Lipinski definition) is 1. The summed E-state index contributed by atoms with van der Waals surface area (Å²) in [5.41, 5.74) is 6.14. The molecule has 1 saturated carbocycles. The Hall–Kier alpha value is 0.0700. The highest BCUT2D eigenvalue weighted by atomic mass is 35.5. The summed E-state index contributed by atoms with van der Waals surface area (Å²) in [6.07, 6.45) is 5.38. The van der Waals surface area contributed by atoms with Gasteiger partial charge in [0.15, 0.2) is 0 Å². The Labute approximate surface area is 127 Å². The fraction of sp³-hybridized carbons (Fsp3) is 0.929. The fourth-order valence-corrected chi connectivity index (χ4v) is 4.18. The molecular formula is C14H27ClN2OS. The minimum atomic E-state index is 0. The zero-order valence-electron chi connectivity index (χ0n) is 12.1. The Morgan fingerprint density at radius 2 is 2.05 bits per heavy atom. The molecule has 2 atom stereocenters. The zero-order valence-corrected chi connectivity index (χ0v) is 13.7. The third kappa shape index (κ3) is 4.83. The van der Waals surface area contributed by atoms with Gasteiger partial charge >= 0.3 is 0 Å². The Morgan fingerprint density at radius 3 is 2.68 bits per heavy atom. The van der Waals surface area contributed by atoms with E-state index in [9.17, 15) is 4.79 Å². The molecule has 1 saturated heterocycles. The molecule has 0 aromatic rings. The molecule has 3 nitrogen and oxygen atoms in total. The number of halogens is 1. The van der Waals surface area contributed by atoms with Crippen LogP contribution in [0.2, 0.25) is 0 Å². The molecule has 0 aromatic heterocycles. The van der Waals surface area contributed by atoms with E-state index in [1.54, 1.807) is 0 Å². The van der Waals surface area contributed by atoms with E-state index in [2.05, 4.69) is 18.7 Å². The number of carbonyl (C=O) groups excluding carboxylic acids is 1. The van der Waals surface area contributed by atoms with Gasteiger partial charge in [0.25, 0.3) is 0 Å². The monoisotopic (exact) mass is 306 g/mol. The van der Waals surface area contributed by atoms with Gasteiger partial charge in [0.1, 0.15) is 0 Å². The van der Waals surface area contributed by atoms with Crippen LogP contribution < -0.4 is 5.73 Å². The number of thioether (sulfide) groups is 1. The zero-order chi connectivity index (χ0) is 13.2. The van der Waals surface area contributed by atoms with Crippen molar-refractivity contribution in [2.45, 2.75) is 56.7 Å². The van der Waals surface area contributed by atoms with Crippen LogP contribution in [0, 0.1) is 5.92 Å². The maximum absolute atomic E-state index is 12.4. The van der Waals surface area contributed by atoms with Crippen molar-refractivity contribution in [1.29, 1.82) is 0 Å². The molecule has 2 fully saturated rings. The van der Waals surface area contributed by atoms with Crippen molar-refractivity contribution in [3.63, 3.8) is 0 Å². The molecule has 2 aliphatic rings. The van der Waals surface area contributed by atoms with Crippen molar-refractivity contribution in [3.05, 3.63) is 0 Å². The lowest BCUT2D eigenvalue weighted by atomic mass is 9.82. The van der Waals surface area contributed by atoms with E-state index < -0.39 is 0 Å². The highest BCUT2D eigenvalue weighted by Crippen LogP contribution is 2.31. The molecule has 2 unspecified atom stereocenters. The third-order valence-electron chi connectivity index (χ3n) is 4.18. The van der Waals surface area contributed by atoms with Gasteiger partial charge in [-0.2, -0.15) is 11.8 Å². The van der Waals surface area contributed by atoms with Crippen molar-refractivity contribution in [1.82, 2.24) is 4.90 Å². The van der Waals surface area contributed by atoms with Gasteiger partial charge in [-0.25, -0.2) is 0 Å². The van der Waals surface area contributed by atoms with Crippen LogP contribution in [0.5, 0.6) is 0 Å². The molecule has 2 N–H and O–H groups in total. The Morgan fingerprint density at radius 1 is 1.37 bits per heavy atom. The van der Waals surface area contributed by atoms with E-state index in [1.165, 1.54) is 12.8 Å². The number of carbonyl (C=O) groups is 1. The van der Waals surface area contributed by atoms with Gasteiger partial charge in [0.2, 0.25) is 5.91 Å². The standard InChI is InChI=1S/C14H26N2OS.ClH/c1-14(2)10-16(7-8-18-14)13(17)9-11-5-3-4-6-12(11)15;/h11-12H,3-10,15H2,1-2H3;1H. The van der Waals surface area contributed by atoms with Crippen LogP contribution in [0.4, 0.5) is 0 Å². The average Bonchev–Trinajstić information content (AvgIpc) is 2.31. The lowest BCUT2D eigenvalue weighted by Gasteiger charge is -2.39. The molecule has 19 heavy (non-hydrogen) atoms. The number of nitrogens with zero attached hydrogens (tertiary/aromatic N) is 1. The van der Waals surface area contributed by atoms with Crippen molar-refractivity contribution < 1.29 is 4.79 Å². The van der Waals surface area contributed by atoms with Crippen LogP contribution in [-0.2, 0) is 4.79 Å². The summed E-state index contributed by atoms with van der Waals surface area (Å²) in [4.78, 5) is 14.4. The van der Waals surface area contributed by atoms with E-state index in [4.69, 9.17) is 5.73 Å². The normalized spacial score (nSPS) is 30.6. The first-order chi connectivity index (χ1) is 8.48. The summed E-state index contributed by atoms with van der Waals surface area (Å²) in [5, 5.41) is 0. The van der Waals surface area contributed by atoms with Crippen LogP contribution in [0.25, 0.3) is 0 Å². The third-order valence-corrected chi connectivity index (χ3v) is 5.48. The van der Waals surface area contributed by atoms with Crippen molar-refractivity contribution in [2.75, 3.05) is 18.8 Å². The number of hydrogen-bond acceptors (Lipinski definition) is 3. The first kappa shape index (κ1) is 17.1. The molecular weight excluding hydrogens is 280 g/mol. The van der Waals surface area contributed by atoms with Gasteiger partial charge in [-0.05, 0) is 32.6 Å². The fourth-order valence-electron chi connectivity index (χ4n) is 3.07. The summed E-state index contributed by atoms with van der Waals surface area (Å²) in [7, 11) is 0. The van der Waals surface area contributed by atoms with Crippen LogP contribution >= 0.6 is 24.2 Å². The second kappa shape index (κ2) is 7.19. The highest BCUT2D eigenvalue weighted by Gasteiger charge is 2.32. The molecule has 0 bridgehead atoms. The van der Waals surface area contributed by atoms with Gasteiger partial charge in [0, 0.05) is 36.1 Å². The van der Waals surface area contributed by atoms with Gasteiger partial charge in [0.05, 0.1) is 0 Å². The first-order valence-corrected chi connectivity index (χ1v) is 8.14. The quantitative estimate of drug-likeness (QED) is 0.853. The van der Waals surface area contributed by atoms with Crippen LogP contribution in [-0.4, -0.2) is 40.4 Å². The maximum Gasteiger partial charge on any atom is 0.222 e. The first-order valence-electron chi connectivity index (χ1n) is 7.15. The predicted octanol–water partition coefficient (Wildman–Crippen LogP) is 2.67. The molecule has 0 aromatic carbocycles. The van der Waals surface area contributed by atoms with E-state index in [-0.39, 0.29) is 23.2 Å². The SMILES string of the molecule is CC1(C)CN(C(=O)CC2CCCCC2N)CCS1.Cl. The predicted molar refractivity (Wildman–Crippen MR) is 84.9 cm³/mol. The maximum atomic E-state index is 12.4. The minimum Gasteiger partial charge on any atom is -0.340 e. The minimum absolute atomic E-state index is 0. The number of amides is 1. The molecule has 1 aliphatic heterocycles.